The largest absolute Gasteiger partial charge is 0.507 e. The lowest BCUT2D eigenvalue weighted by molar-refractivity contribution is 0.0952. The van der Waals surface area contributed by atoms with Gasteiger partial charge in [-0.25, -0.2) is 5.43 Å². The average Bonchev–Trinajstić information content (AvgIpc) is 2.64. The Kier molecular flexibility index (Phi) is 5.76. The van der Waals surface area contributed by atoms with Crippen molar-refractivity contribution in [3.63, 3.8) is 0 Å². The van der Waals surface area contributed by atoms with E-state index >= 15 is 0 Å². The first-order chi connectivity index (χ1) is 13.0. The molecule has 1 amide bonds. The number of nitrogens with zero attached hydrogens (tertiary/aromatic N) is 1. The van der Waals surface area contributed by atoms with E-state index in [9.17, 15) is 9.90 Å². The van der Waals surface area contributed by atoms with Crippen LogP contribution in [-0.4, -0.2) is 23.3 Å². The van der Waals surface area contributed by atoms with Crippen LogP contribution in [-0.2, 0) is 0 Å². The van der Waals surface area contributed by atoms with E-state index in [1.54, 1.807) is 12.3 Å². The molecular weight excluding hydrogens is 408 g/mol. The Bertz CT molecular complexity index is 1020. The van der Waals surface area contributed by atoms with E-state index in [0.29, 0.717) is 10.2 Å². The fraction of sp³-hybridized carbons (Fsp3) is 0.143. The van der Waals surface area contributed by atoms with Gasteiger partial charge in [0.2, 0.25) is 0 Å². The van der Waals surface area contributed by atoms with Gasteiger partial charge in [0.05, 0.1) is 17.9 Å². The lowest BCUT2D eigenvalue weighted by Gasteiger charge is -2.14. The summed E-state index contributed by atoms with van der Waals surface area (Å²) in [4.78, 5) is 12.3. The number of ether oxygens (including phenoxy) is 1. The van der Waals surface area contributed by atoms with Gasteiger partial charge in [0.25, 0.3) is 5.91 Å². The first kappa shape index (κ1) is 18.9. The monoisotopic (exact) mass is 426 g/mol. The Morgan fingerprint density at radius 1 is 1.19 bits per heavy atom. The number of hydrogen-bond donors (Lipinski definition) is 2. The molecule has 0 heterocycles. The summed E-state index contributed by atoms with van der Waals surface area (Å²) >= 11 is 3.28. The zero-order chi connectivity index (χ0) is 19.4. The number of hydrazone groups is 1. The molecule has 5 nitrogen and oxygen atoms in total. The van der Waals surface area contributed by atoms with Gasteiger partial charge in [-0.05, 0) is 48.9 Å². The highest BCUT2D eigenvalue weighted by atomic mass is 79.9. The molecule has 0 spiro atoms. The molecule has 0 aromatic heterocycles. The summed E-state index contributed by atoms with van der Waals surface area (Å²) < 4.78 is 6.57. The summed E-state index contributed by atoms with van der Waals surface area (Å²) in [6, 6.07) is 16.4. The van der Waals surface area contributed by atoms with Gasteiger partial charge in [0.1, 0.15) is 11.5 Å². The topological polar surface area (TPSA) is 70.9 Å². The normalized spacial score (nSPS) is 11.3. The van der Waals surface area contributed by atoms with Crippen LogP contribution in [0.4, 0.5) is 0 Å². The molecule has 3 aromatic carbocycles. The number of phenolic OH excluding ortho intramolecular Hbond substituents is 1. The van der Waals surface area contributed by atoms with E-state index in [4.69, 9.17) is 4.74 Å². The van der Waals surface area contributed by atoms with E-state index in [0.717, 1.165) is 16.3 Å². The molecule has 0 saturated carbocycles. The van der Waals surface area contributed by atoms with E-state index in [1.165, 1.54) is 12.1 Å². The Hall–Kier alpha value is -2.86. The molecule has 0 unspecified atom stereocenters. The van der Waals surface area contributed by atoms with Crippen molar-refractivity contribution in [3.8, 4) is 11.5 Å². The van der Waals surface area contributed by atoms with Gasteiger partial charge < -0.3 is 9.84 Å². The molecule has 0 fully saturated rings. The molecule has 0 atom stereocenters. The molecule has 27 heavy (non-hydrogen) atoms. The molecular formula is C21H19BrN2O3. The molecule has 3 aromatic rings. The predicted octanol–water partition coefficient (Wildman–Crippen LogP) is 4.86. The van der Waals surface area contributed by atoms with Gasteiger partial charge in [-0.15, -0.1) is 0 Å². The fourth-order valence-corrected chi connectivity index (χ4v) is 3.03. The van der Waals surface area contributed by atoms with Crippen LogP contribution in [0.25, 0.3) is 10.8 Å². The van der Waals surface area contributed by atoms with E-state index in [1.807, 2.05) is 50.2 Å². The molecule has 0 saturated heterocycles. The first-order valence-corrected chi connectivity index (χ1v) is 9.25. The van der Waals surface area contributed by atoms with Crippen molar-refractivity contribution in [3.05, 3.63) is 70.2 Å². The van der Waals surface area contributed by atoms with Gasteiger partial charge in [-0.1, -0.05) is 46.3 Å². The maximum atomic E-state index is 12.3. The number of aromatic hydroxyl groups is 1. The van der Waals surface area contributed by atoms with E-state index in [-0.39, 0.29) is 17.4 Å². The number of fused-ring (bicyclic) bond motifs is 1. The number of phenols is 1. The summed E-state index contributed by atoms with van der Waals surface area (Å²) in [6.07, 6.45) is 1.57. The van der Waals surface area contributed by atoms with Gasteiger partial charge >= 0.3 is 0 Å². The summed E-state index contributed by atoms with van der Waals surface area (Å²) in [5.74, 6) is 0.0727. The quantitative estimate of drug-likeness (QED) is 0.451. The average molecular weight is 427 g/mol. The highest BCUT2D eigenvalue weighted by Crippen LogP contribution is 2.27. The second kappa shape index (κ2) is 8.22. The Morgan fingerprint density at radius 3 is 2.74 bits per heavy atom. The van der Waals surface area contributed by atoms with Gasteiger partial charge in [-0.2, -0.15) is 5.10 Å². The number of amides is 1. The molecule has 6 heteroatoms. The van der Waals surface area contributed by atoms with Crippen LogP contribution in [0, 0.1) is 0 Å². The summed E-state index contributed by atoms with van der Waals surface area (Å²) in [5, 5.41) is 15.9. The third-order valence-corrected chi connectivity index (χ3v) is 4.35. The van der Waals surface area contributed by atoms with Crippen LogP contribution >= 0.6 is 15.9 Å². The molecule has 3 rings (SSSR count). The third kappa shape index (κ3) is 4.46. The maximum absolute atomic E-state index is 12.3. The molecule has 0 aliphatic rings. The highest BCUT2D eigenvalue weighted by molar-refractivity contribution is 9.10. The lowest BCUT2D eigenvalue weighted by atomic mass is 10.0. The maximum Gasteiger partial charge on any atom is 0.275 e. The Morgan fingerprint density at radius 2 is 1.96 bits per heavy atom. The SMILES string of the molecule is CC(C)Oc1ccc2ccccc2c1/C=N\NC(=O)c1cc(Br)ccc1O. The lowest BCUT2D eigenvalue weighted by Crippen LogP contribution is -2.18. The number of carbonyl (C=O) groups is 1. The van der Waals surface area contributed by atoms with Gasteiger partial charge in [0, 0.05) is 10.0 Å². The van der Waals surface area contributed by atoms with Crippen LogP contribution in [0.15, 0.2) is 64.2 Å². The first-order valence-electron chi connectivity index (χ1n) is 8.46. The van der Waals surface area contributed by atoms with Crippen molar-refractivity contribution < 1.29 is 14.6 Å². The van der Waals surface area contributed by atoms with Crippen LogP contribution in [0.1, 0.15) is 29.8 Å². The molecule has 0 bridgehead atoms. The third-order valence-electron chi connectivity index (χ3n) is 3.86. The number of benzene rings is 3. The number of rotatable bonds is 5. The Labute approximate surface area is 165 Å². The minimum Gasteiger partial charge on any atom is -0.507 e. The Balaban J connectivity index is 1.90. The van der Waals surface area contributed by atoms with Crippen molar-refractivity contribution in [2.24, 2.45) is 5.10 Å². The minimum atomic E-state index is -0.503. The van der Waals surface area contributed by atoms with Crippen molar-refractivity contribution >= 4 is 38.8 Å². The second-order valence-electron chi connectivity index (χ2n) is 6.23. The zero-order valence-electron chi connectivity index (χ0n) is 14.9. The molecule has 2 N–H and O–H groups in total. The van der Waals surface area contributed by atoms with E-state index in [2.05, 4.69) is 26.5 Å². The highest BCUT2D eigenvalue weighted by Gasteiger charge is 2.12. The standard InChI is InChI=1S/C21H19BrN2O3/c1-13(2)27-20-10-7-14-5-3-4-6-16(14)18(20)12-23-24-21(26)17-11-15(22)8-9-19(17)25/h3-13,25H,1-2H3,(H,24,26)/b23-12-. The molecule has 0 aliphatic heterocycles. The van der Waals surface area contributed by atoms with Crippen molar-refractivity contribution in [1.82, 2.24) is 5.43 Å². The van der Waals surface area contributed by atoms with Crippen LogP contribution in [0.3, 0.4) is 0 Å². The van der Waals surface area contributed by atoms with Gasteiger partial charge in [-0.3, -0.25) is 4.79 Å². The fourth-order valence-electron chi connectivity index (χ4n) is 2.67. The smallest absolute Gasteiger partial charge is 0.275 e. The summed E-state index contributed by atoms with van der Waals surface area (Å²) in [5.41, 5.74) is 3.37. The molecule has 0 aliphatic carbocycles. The molecule has 0 radical (unpaired) electrons. The zero-order valence-corrected chi connectivity index (χ0v) is 16.5. The number of carbonyl (C=O) groups excluding carboxylic acids is 1. The van der Waals surface area contributed by atoms with Crippen LogP contribution in [0.2, 0.25) is 0 Å². The van der Waals surface area contributed by atoms with E-state index < -0.39 is 5.91 Å². The number of halogens is 1. The van der Waals surface area contributed by atoms with Crippen molar-refractivity contribution in [1.29, 1.82) is 0 Å². The van der Waals surface area contributed by atoms with Crippen molar-refractivity contribution in [2.45, 2.75) is 20.0 Å². The van der Waals surface area contributed by atoms with Gasteiger partial charge in [0.15, 0.2) is 0 Å². The van der Waals surface area contributed by atoms with Crippen LogP contribution < -0.4 is 10.2 Å². The van der Waals surface area contributed by atoms with Crippen molar-refractivity contribution in [2.75, 3.05) is 0 Å². The second-order valence-corrected chi connectivity index (χ2v) is 7.14. The summed E-state index contributed by atoms with van der Waals surface area (Å²) in [6.45, 7) is 3.90. The molecule has 138 valence electrons. The predicted molar refractivity (Wildman–Crippen MR) is 111 cm³/mol. The number of nitrogens with one attached hydrogen (secondary N) is 1. The summed E-state index contributed by atoms with van der Waals surface area (Å²) in [7, 11) is 0. The van der Waals surface area contributed by atoms with Crippen LogP contribution in [0.5, 0.6) is 11.5 Å². The minimum absolute atomic E-state index is 0.00604. The number of hydrogen-bond acceptors (Lipinski definition) is 4.